The normalized spacial score (nSPS) is 10.6. The highest BCUT2D eigenvalue weighted by molar-refractivity contribution is 5.97. The number of amides is 2. The van der Waals surface area contributed by atoms with Crippen LogP contribution >= 0.6 is 0 Å². The summed E-state index contributed by atoms with van der Waals surface area (Å²) in [6, 6.07) is 13.5. The van der Waals surface area contributed by atoms with Gasteiger partial charge in [0, 0.05) is 24.4 Å². The number of hydrogen-bond donors (Lipinski definition) is 1. The maximum absolute atomic E-state index is 13.5. The van der Waals surface area contributed by atoms with Crippen LogP contribution in [0.5, 0.6) is 0 Å². The average Bonchev–Trinajstić information content (AvgIpc) is 2.56. The smallest absolute Gasteiger partial charge is 0.246 e. The van der Waals surface area contributed by atoms with Crippen molar-refractivity contribution in [1.29, 1.82) is 0 Å². The Hall–Kier alpha value is -2.95. The second kappa shape index (κ2) is 8.06. The Morgan fingerprint density at radius 1 is 1.12 bits per heavy atom. The monoisotopic (exact) mass is 326 g/mol. The lowest BCUT2D eigenvalue weighted by Gasteiger charge is -2.15. The van der Waals surface area contributed by atoms with Crippen molar-refractivity contribution in [3.05, 3.63) is 71.6 Å². The number of nitrogens with one attached hydrogen (secondary N) is 1. The lowest BCUT2D eigenvalue weighted by atomic mass is 10.2. The molecule has 0 heterocycles. The SMILES string of the molecule is Cc1ccc(NC(=O)CN(C)C(=O)/C=C/c2ccccc2F)cc1. The van der Waals surface area contributed by atoms with Crippen molar-refractivity contribution < 1.29 is 14.0 Å². The predicted octanol–water partition coefficient (Wildman–Crippen LogP) is 3.24. The van der Waals surface area contributed by atoms with E-state index in [1.165, 1.54) is 30.2 Å². The molecule has 0 fully saturated rings. The lowest BCUT2D eigenvalue weighted by molar-refractivity contribution is -0.129. The molecule has 0 saturated carbocycles. The van der Waals surface area contributed by atoms with Crippen molar-refractivity contribution in [2.75, 3.05) is 18.9 Å². The van der Waals surface area contributed by atoms with Crippen LogP contribution in [0, 0.1) is 12.7 Å². The zero-order valence-corrected chi connectivity index (χ0v) is 13.6. The number of rotatable bonds is 5. The fourth-order valence-electron chi connectivity index (χ4n) is 2.03. The zero-order chi connectivity index (χ0) is 17.5. The highest BCUT2D eigenvalue weighted by Gasteiger charge is 2.11. The van der Waals surface area contributed by atoms with Crippen LogP contribution in [-0.2, 0) is 9.59 Å². The van der Waals surface area contributed by atoms with E-state index in [0.717, 1.165) is 5.56 Å². The van der Waals surface area contributed by atoms with Crippen molar-refractivity contribution in [2.45, 2.75) is 6.92 Å². The van der Waals surface area contributed by atoms with Crippen molar-refractivity contribution in [2.24, 2.45) is 0 Å². The Bertz CT molecular complexity index is 754. The summed E-state index contributed by atoms with van der Waals surface area (Å²) in [6.45, 7) is 1.87. The Kier molecular flexibility index (Phi) is 5.84. The van der Waals surface area contributed by atoms with Crippen LogP contribution in [0.4, 0.5) is 10.1 Å². The summed E-state index contributed by atoms with van der Waals surface area (Å²) in [5.74, 6) is -1.08. The maximum Gasteiger partial charge on any atom is 0.246 e. The minimum Gasteiger partial charge on any atom is -0.333 e. The molecule has 0 spiro atoms. The van der Waals surface area contributed by atoms with Gasteiger partial charge in [0.1, 0.15) is 5.82 Å². The number of aryl methyl sites for hydroxylation is 1. The van der Waals surface area contributed by atoms with Crippen LogP contribution in [0.2, 0.25) is 0 Å². The number of carbonyl (C=O) groups excluding carboxylic acids is 2. The first-order valence-electron chi connectivity index (χ1n) is 7.50. The lowest BCUT2D eigenvalue weighted by Crippen LogP contribution is -2.33. The fourth-order valence-corrected chi connectivity index (χ4v) is 2.03. The van der Waals surface area contributed by atoms with Gasteiger partial charge in [-0.1, -0.05) is 35.9 Å². The maximum atomic E-state index is 13.5. The van der Waals surface area contributed by atoms with Crippen molar-refractivity contribution in [1.82, 2.24) is 4.90 Å². The van der Waals surface area contributed by atoms with Gasteiger partial charge in [0.2, 0.25) is 11.8 Å². The van der Waals surface area contributed by atoms with E-state index in [1.54, 1.807) is 30.3 Å². The summed E-state index contributed by atoms with van der Waals surface area (Å²) < 4.78 is 13.5. The fraction of sp³-hybridized carbons (Fsp3) is 0.158. The second-order valence-electron chi connectivity index (χ2n) is 5.46. The molecule has 0 unspecified atom stereocenters. The van der Waals surface area contributed by atoms with Gasteiger partial charge in [0.15, 0.2) is 0 Å². The molecule has 4 nitrogen and oxygen atoms in total. The predicted molar refractivity (Wildman–Crippen MR) is 92.9 cm³/mol. The molecule has 0 aliphatic rings. The molecule has 0 aromatic heterocycles. The first-order valence-corrected chi connectivity index (χ1v) is 7.50. The van der Waals surface area contributed by atoms with E-state index >= 15 is 0 Å². The Morgan fingerprint density at radius 2 is 1.79 bits per heavy atom. The zero-order valence-electron chi connectivity index (χ0n) is 13.6. The van der Waals surface area contributed by atoms with E-state index in [4.69, 9.17) is 0 Å². The van der Waals surface area contributed by atoms with Gasteiger partial charge in [-0.15, -0.1) is 0 Å². The Balaban J connectivity index is 1.90. The molecule has 0 atom stereocenters. The molecule has 1 N–H and O–H groups in total. The average molecular weight is 326 g/mol. The molecular weight excluding hydrogens is 307 g/mol. The van der Waals surface area contributed by atoms with Crippen LogP contribution < -0.4 is 5.32 Å². The van der Waals surface area contributed by atoms with Crippen molar-refractivity contribution in [3.8, 4) is 0 Å². The van der Waals surface area contributed by atoms with Crippen molar-refractivity contribution in [3.63, 3.8) is 0 Å². The third-order valence-electron chi connectivity index (χ3n) is 3.40. The van der Waals surface area contributed by atoms with Gasteiger partial charge in [-0.25, -0.2) is 4.39 Å². The number of nitrogens with zero attached hydrogens (tertiary/aromatic N) is 1. The van der Waals surface area contributed by atoms with Gasteiger partial charge in [-0.3, -0.25) is 9.59 Å². The summed E-state index contributed by atoms with van der Waals surface area (Å²) in [4.78, 5) is 25.2. The standard InChI is InChI=1S/C19H19FN2O2/c1-14-7-10-16(11-8-14)21-18(23)13-22(2)19(24)12-9-15-5-3-4-6-17(15)20/h3-12H,13H2,1-2H3,(H,21,23)/b12-9+. The molecule has 0 radical (unpaired) electrons. The number of halogens is 1. The summed E-state index contributed by atoms with van der Waals surface area (Å²) >= 11 is 0. The molecule has 0 bridgehead atoms. The molecule has 0 aliphatic heterocycles. The molecule has 24 heavy (non-hydrogen) atoms. The molecular formula is C19H19FN2O2. The van der Waals surface area contributed by atoms with Gasteiger partial charge >= 0.3 is 0 Å². The molecule has 0 saturated heterocycles. The first kappa shape index (κ1) is 17.4. The first-order chi connectivity index (χ1) is 11.5. The van der Waals surface area contributed by atoms with E-state index in [-0.39, 0.29) is 18.4 Å². The number of likely N-dealkylation sites (N-methyl/N-ethyl adjacent to an activating group) is 1. The van der Waals surface area contributed by atoms with E-state index in [0.29, 0.717) is 11.3 Å². The van der Waals surface area contributed by atoms with Crippen LogP contribution in [-0.4, -0.2) is 30.3 Å². The Morgan fingerprint density at radius 3 is 2.46 bits per heavy atom. The summed E-state index contributed by atoms with van der Waals surface area (Å²) in [5, 5.41) is 2.72. The third kappa shape index (κ3) is 5.05. The third-order valence-corrected chi connectivity index (χ3v) is 3.40. The van der Waals surface area contributed by atoms with Gasteiger partial charge in [-0.05, 0) is 31.2 Å². The molecule has 2 amide bonds. The molecule has 5 heteroatoms. The van der Waals surface area contributed by atoms with Crippen LogP contribution in [0.3, 0.4) is 0 Å². The second-order valence-corrected chi connectivity index (χ2v) is 5.46. The van der Waals surface area contributed by atoms with E-state index < -0.39 is 5.82 Å². The van der Waals surface area contributed by atoms with Gasteiger partial charge < -0.3 is 10.2 Å². The molecule has 2 rings (SSSR count). The number of hydrogen-bond acceptors (Lipinski definition) is 2. The quantitative estimate of drug-likeness (QED) is 0.858. The topological polar surface area (TPSA) is 49.4 Å². The number of anilines is 1. The Labute approximate surface area is 140 Å². The summed E-state index contributed by atoms with van der Waals surface area (Å²) in [7, 11) is 1.52. The van der Waals surface area contributed by atoms with Gasteiger partial charge in [-0.2, -0.15) is 0 Å². The number of benzene rings is 2. The van der Waals surface area contributed by atoms with Gasteiger partial charge in [0.25, 0.3) is 0 Å². The minimum absolute atomic E-state index is 0.0890. The highest BCUT2D eigenvalue weighted by atomic mass is 19.1. The molecule has 124 valence electrons. The molecule has 2 aromatic carbocycles. The summed E-state index contributed by atoms with van der Waals surface area (Å²) in [6.07, 6.45) is 2.64. The van der Waals surface area contributed by atoms with E-state index in [2.05, 4.69) is 5.32 Å². The molecule has 0 aliphatic carbocycles. The molecule has 2 aromatic rings. The van der Waals surface area contributed by atoms with E-state index in [1.807, 2.05) is 19.1 Å². The van der Waals surface area contributed by atoms with Crippen molar-refractivity contribution >= 4 is 23.6 Å². The largest absolute Gasteiger partial charge is 0.333 e. The summed E-state index contributed by atoms with van der Waals surface area (Å²) in [5.41, 5.74) is 2.09. The minimum atomic E-state index is -0.402. The van der Waals surface area contributed by atoms with Crippen LogP contribution in [0.1, 0.15) is 11.1 Å². The van der Waals surface area contributed by atoms with Crippen LogP contribution in [0.15, 0.2) is 54.6 Å². The highest BCUT2D eigenvalue weighted by Crippen LogP contribution is 2.09. The van der Waals surface area contributed by atoms with E-state index in [9.17, 15) is 14.0 Å². The van der Waals surface area contributed by atoms with Crippen LogP contribution in [0.25, 0.3) is 6.08 Å². The number of carbonyl (C=O) groups is 2. The van der Waals surface area contributed by atoms with Gasteiger partial charge in [0.05, 0.1) is 6.54 Å².